The van der Waals surface area contributed by atoms with Gasteiger partial charge in [-0.2, -0.15) is 0 Å². The molecule has 2 aromatic carbocycles. The summed E-state index contributed by atoms with van der Waals surface area (Å²) in [6, 6.07) is 12.6. The van der Waals surface area contributed by atoms with Crippen molar-refractivity contribution in [2.75, 3.05) is 44.1 Å². The molecular weight excluding hydrogens is 352 g/mol. The molecule has 6 heteroatoms. The van der Waals surface area contributed by atoms with Gasteiger partial charge >= 0.3 is 0 Å². The highest BCUT2D eigenvalue weighted by molar-refractivity contribution is 5.93. The number of guanidine groups is 1. The number of ether oxygens (including phenoxy) is 2. The summed E-state index contributed by atoms with van der Waals surface area (Å²) in [5.74, 6) is 2.30. The lowest BCUT2D eigenvalue weighted by Gasteiger charge is -2.28. The molecule has 0 aliphatic carbocycles. The van der Waals surface area contributed by atoms with Gasteiger partial charge in [-0.15, -0.1) is 0 Å². The third-order valence-corrected chi connectivity index (χ3v) is 5.19. The van der Waals surface area contributed by atoms with Crippen LogP contribution in [0.3, 0.4) is 0 Å². The van der Waals surface area contributed by atoms with Gasteiger partial charge in [0.2, 0.25) is 0 Å². The summed E-state index contributed by atoms with van der Waals surface area (Å²) in [7, 11) is 3.94. The summed E-state index contributed by atoms with van der Waals surface area (Å²) in [5, 5.41) is 6.73. The molecule has 2 aromatic rings. The summed E-state index contributed by atoms with van der Waals surface area (Å²) < 4.78 is 11.5. The Morgan fingerprint density at radius 3 is 2.79 bits per heavy atom. The van der Waals surface area contributed by atoms with E-state index in [9.17, 15) is 0 Å². The molecule has 0 fully saturated rings. The van der Waals surface area contributed by atoms with E-state index in [1.54, 1.807) is 7.05 Å². The van der Waals surface area contributed by atoms with Gasteiger partial charge in [0.25, 0.3) is 0 Å². The number of rotatable bonds is 3. The number of aryl methyl sites for hydroxylation is 1. The summed E-state index contributed by atoms with van der Waals surface area (Å²) >= 11 is 0. The van der Waals surface area contributed by atoms with Crippen LogP contribution >= 0.6 is 0 Å². The second-order valence-corrected chi connectivity index (χ2v) is 7.25. The molecule has 0 saturated carbocycles. The minimum Gasteiger partial charge on any atom is -0.490 e. The van der Waals surface area contributed by atoms with E-state index in [1.807, 2.05) is 18.2 Å². The second-order valence-electron chi connectivity index (χ2n) is 7.25. The number of hydrogen-bond donors (Lipinski definition) is 2. The minimum atomic E-state index is 0.678. The molecule has 0 atom stereocenters. The highest BCUT2D eigenvalue weighted by Gasteiger charge is 2.14. The van der Waals surface area contributed by atoms with Crippen LogP contribution in [0, 0.1) is 0 Å². The van der Waals surface area contributed by atoms with E-state index in [1.165, 1.54) is 23.2 Å². The molecule has 28 heavy (non-hydrogen) atoms. The van der Waals surface area contributed by atoms with E-state index < -0.39 is 0 Å². The fourth-order valence-corrected chi connectivity index (χ4v) is 3.69. The summed E-state index contributed by atoms with van der Waals surface area (Å²) in [4.78, 5) is 6.68. The number of nitrogens with zero attached hydrogens (tertiary/aromatic N) is 2. The Bertz CT molecular complexity index is 866. The Morgan fingerprint density at radius 2 is 1.93 bits per heavy atom. The highest BCUT2D eigenvalue weighted by atomic mass is 16.5. The van der Waals surface area contributed by atoms with Crippen molar-refractivity contribution in [3.05, 3.63) is 47.5 Å². The van der Waals surface area contributed by atoms with Crippen LogP contribution in [0.5, 0.6) is 11.5 Å². The molecule has 0 amide bonds. The first-order chi connectivity index (χ1) is 13.7. The molecule has 2 aliphatic heterocycles. The summed E-state index contributed by atoms with van der Waals surface area (Å²) in [6.07, 6.45) is 3.27. The maximum atomic E-state index is 5.77. The zero-order valence-electron chi connectivity index (χ0n) is 16.6. The van der Waals surface area contributed by atoms with Gasteiger partial charge in [-0.1, -0.05) is 12.1 Å². The standard InChI is InChI=1S/C22H28N4O2/c1-23-22(25-18-7-9-20-21(14-18)28-12-4-11-27-20)24-15-16-6-8-19-17(13-16)5-3-10-26(19)2/h6-9,13-14H,3-5,10-12,15H2,1-2H3,(H2,23,24,25). The van der Waals surface area contributed by atoms with Crippen LogP contribution in [0.15, 0.2) is 41.4 Å². The van der Waals surface area contributed by atoms with Gasteiger partial charge in [-0.25, -0.2) is 0 Å². The highest BCUT2D eigenvalue weighted by Crippen LogP contribution is 2.32. The minimum absolute atomic E-state index is 0.678. The predicted molar refractivity (Wildman–Crippen MR) is 114 cm³/mol. The SMILES string of the molecule is CN=C(NCc1ccc2c(c1)CCCN2C)Nc1ccc2c(c1)OCCCO2. The molecule has 2 aliphatic rings. The quantitative estimate of drug-likeness (QED) is 0.631. The van der Waals surface area contributed by atoms with E-state index in [-0.39, 0.29) is 0 Å². The third kappa shape index (κ3) is 4.16. The van der Waals surface area contributed by atoms with Crippen molar-refractivity contribution in [3.63, 3.8) is 0 Å². The Hall–Kier alpha value is -2.89. The largest absolute Gasteiger partial charge is 0.490 e. The molecule has 2 heterocycles. The molecule has 0 spiro atoms. The van der Waals surface area contributed by atoms with E-state index in [2.05, 4.69) is 45.8 Å². The molecule has 0 aromatic heterocycles. The van der Waals surface area contributed by atoms with Crippen molar-refractivity contribution in [2.24, 2.45) is 4.99 Å². The Balaban J connectivity index is 1.40. The zero-order valence-corrected chi connectivity index (χ0v) is 16.6. The van der Waals surface area contributed by atoms with Crippen LogP contribution in [-0.2, 0) is 13.0 Å². The van der Waals surface area contributed by atoms with Gasteiger partial charge in [-0.3, -0.25) is 4.99 Å². The fraction of sp³-hybridized carbons (Fsp3) is 0.409. The van der Waals surface area contributed by atoms with E-state index in [0.717, 1.165) is 49.1 Å². The maximum absolute atomic E-state index is 5.77. The van der Waals surface area contributed by atoms with Crippen LogP contribution < -0.4 is 25.0 Å². The average Bonchev–Trinajstić information content (AvgIpc) is 2.96. The predicted octanol–water partition coefficient (Wildman–Crippen LogP) is 3.42. The monoisotopic (exact) mass is 380 g/mol. The smallest absolute Gasteiger partial charge is 0.195 e. The van der Waals surface area contributed by atoms with Crippen molar-refractivity contribution in [2.45, 2.75) is 25.8 Å². The Labute approximate surface area is 166 Å². The van der Waals surface area contributed by atoms with Gasteiger partial charge in [0.1, 0.15) is 0 Å². The summed E-state index contributed by atoms with van der Waals surface area (Å²) in [5.41, 5.74) is 4.96. The average molecular weight is 380 g/mol. The lowest BCUT2D eigenvalue weighted by molar-refractivity contribution is 0.297. The lowest BCUT2D eigenvalue weighted by atomic mass is 9.99. The van der Waals surface area contributed by atoms with Crippen LogP contribution in [-0.4, -0.2) is 39.8 Å². The number of nitrogens with one attached hydrogen (secondary N) is 2. The van der Waals surface area contributed by atoms with Crippen molar-refractivity contribution in [1.82, 2.24) is 5.32 Å². The molecule has 0 bridgehead atoms. The van der Waals surface area contributed by atoms with Gasteiger partial charge in [0.15, 0.2) is 17.5 Å². The van der Waals surface area contributed by atoms with Crippen LogP contribution in [0.1, 0.15) is 24.0 Å². The first-order valence-electron chi connectivity index (χ1n) is 9.93. The van der Waals surface area contributed by atoms with Gasteiger partial charge in [0, 0.05) is 51.0 Å². The van der Waals surface area contributed by atoms with Crippen molar-refractivity contribution >= 4 is 17.3 Å². The molecular formula is C22H28N4O2. The number of fused-ring (bicyclic) bond motifs is 2. The van der Waals surface area contributed by atoms with Gasteiger partial charge in [-0.05, 0) is 42.2 Å². The fourth-order valence-electron chi connectivity index (χ4n) is 3.69. The Morgan fingerprint density at radius 1 is 1.07 bits per heavy atom. The van der Waals surface area contributed by atoms with Crippen LogP contribution in [0.4, 0.5) is 11.4 Å². The van der Waals surface area contributed by atoms with Gasteiger partial charge < -0.3 is 25.0 Å². The normalized spacial score (nSPS) is 16.2. The molecule has 0 radical (unpaired) electrons. The molecule has 0 saturated heterocycles. The Kier molecular flexibility index (Phi) is 5.55. The molecule has 2 N–H and O–H groups in total. The van der Waals surface area contributed by atoms with Gasteiger partial charge in [0.05, 0.1) is 13.2 Å². The van der Waals surface area contributed by atoms with E-state index in [4.69, 9.17) is 9.47 Å². The first kappa shape index (κ1) is 18.5. The van der Waals surface area contributed by atoms with E-state index in [0.29, 0.717) is 13.2 Å². The van der Waals surface area contributed by atoms with Crippen molar-refractivity contribution in [3.8, 4) is 11.5 Å². The lowest BCUT2D eigenvalue weighted by Crippen LogP contribution is -2.30. The van der Waals surface area contributed by atoms with Crippen molar-refractivity contribution in [1.29, 1.82) is 0 Å². The molecule has 148 valence electrons. The second kappa shape index (κ2) is 8.42. The molecule has 0 unspecified atom stereocenters. The maximum Gasteiger partial charge on any atom is 0.195 e. The number of anilines is 2. The number of aliphatic imine (C=N–C) groups is 1. The van der Waals surface area contributed by atoms with Crippen LogP contribution in [0.2, 0.25) is 0 Å². The zero-order chi connectivity index (χ0) is 19.3. The third-order valence-electron chi connectivity index (χ3n) is 5.19. The van der Waals surface area contributed by atoms with E-state index >= 15 is 0 Å². The molecule has 4 rings (SSSR count). The number of hydrogen-bond acceptors (Lipinski definition) is 4. The topological polar surface area (TPSA) is 58.1 Å². The molecule has 6 nitrogen and oxygen atoms in total. The van der Waals surface area contributed by atoms with Crippen LogP contribution in [0.25, 0.3) is 0 Å². The summed E-state index contributed by atoms with van der Waals surface area (Å²) in [6.45, 7) is 3.23. The first-order valence-corrected chi connectivity index (χ1v) is 9.93. The number of benzene rings is 2. The van der Waals surface area contributed by atoms with Crippen molar-refractivity contribution < 1.29 is 9.47 Å².